The van der Waals surface area contributed by atoms with Crippen molar-refractivity contribution in [3.8, 4) is 5.75 Å². The van der Waals surface area contributed by atoms with Gasteiger partial charge in [0.05, 0.1) is 11.9 Å². The normalized spacial score (nSPS) is 13.1. The number of nitrogens with zero attached hydrogens (tertiary/aromatic N) is 1. The number of carboxylic acid groups (broad SMARTS) is 1. The van der Waals surface area contributed by atoms with Crippen molar-refractivity contribution in [2.45, 2.75) is 52.3 Å². The second-order valence-electron chi connectivity index (χ2n) is 5.44. The summed E-state index contributed by atoms with van der Waals surface area (Å²) in [4.78, 5) is 15.1. The molecule has 1 rings (SSSR count). The average molecular weight is 266 g/mol. The maximum atomic E-state index is 10.9. The van der Waals surface area contributed by atoms with E-state index in [0.29, 0.717) is 18.7 Å². The lowest BCUT2D eigenvalue weighted by atomic mass is 10.1. The van der Waals surface area contributed by atoms with Crippen molar-refractivity contribution < 1.29 is 14.6 Å². The summed E-state index contributed by atoms with van der Waals surface area (Å²) in [6, 6.07) is 3.58. The summed E-state index contributed by atoms with van der Waals surface area (Å²) in [6.45, 7) is 8.70. The highest BCUT2D eigenvalue weighted by atomic mass is 16.5. The molecule has 0 saturated carbocycles. The highest BCUT2D eigenvalue weighted by Gasteiger charge is 2.16. The summed E-state index contributed by atoms with van der Waals surface area (Å²) in [5.74, 6) is -0.477. The molecule has 19 heavy (non-hydrogen) atoms. The second kappa shape index (κ2) is 6.52. The van der Waals surface area contributed by atoms with E-state index in [0.717, 1.165) is 5.69 Å². The van der Waals surface area contributed by atoms with E-state index in [9.17, 15) is 4.79 Å². The Morgan fingerprint density at radius 1 is 1.47 bits per heavy atom. The van der Waals surface area contributed by atoms with Gasteiger partial charge in [-0.05, 0) is 39.3 Å². The van der Waals surface area contributed by atoms with E-state index in [4.69, 9.17) is 9.84 Å². The SMILES string of the molecule is CCC(Oc1ccc(CNC(C)(C)C)nc1)C(=O)O. The second-order valence-corrected chi connectivity index (χ2v) is 5.44. The highest BCUT2D eigenvalue weighted by Crippen LogP contribution is 2.13. The van der Waals surface area contributed by atoms with Crippen LogP contribution in [0.3, 0.4) is 0 Å². The predicted molar refractivity (Wildman–Crippen MR) is 73.2 cm³/mol. The third-order valence-electron chi connectivity index (χ3n) is 2.52. The molecule has 1 heterocycles. The van der Waals surface area contributed by atoms with Crippen molar-refractivity contribution >= 4 is 5.97 Å². The quantitative estimate of drug-likeness (QED) is 0.826. The molecule has 0 amide bonds. The third kappa shape index (κ3) is 5.70. The predicted octanol–water partition coefficient (Wildman–Crippen LogP) is 2.21. The maximum absolute atomic E-state index is 10.9. The molecule has 1 unspecified atom stereocenters. The Kier molecular flexibility index (Phi) is 5.30. The van der Waals surface area contributed by atoms with Crippen LogP contribution in [0.25, 0.3) is 0 Å². The molecule has 0 spiro atoms. The average Bonchev–Trinajstić information content (AvgIpc) is 2.33. The van der Waals surface area contributed by atoms with Crippen LogP contribution in [-0.4, -0.2) is 27.7 Å². The van der Waals surface area contributed by atoms with E-state index in [1.54, 1.807) is 19.2 Å². The molecule has 0 radical (unpaired) electrons. The fourth-order valence-corrected chi connectivity index (χ4v) is 1.41. The number of nitrogens with one attached hydrogen (secondary N) is 1. The van der Waals surface area contributed by atoms with Gasteiger partial charge in [0.1, 0.15) is 5.75 Å². The summed E-state index contributed by atoms with van der Waals surface area (Å²) in [7, 11) is 0. The zero-order valence-electron chi connectivity index (χ0n) is 11.9. The van der Waals surface area contributed by atoms with Crippen LogP contribution < -0.4 is 10.1 Å². The van der Waals surface area contributed by atoms with Gasteiger partial charge in [0.15, 0.2) is 6.10 Å². The monoisotopic (exact) mass is 266 g/mol. The smallest absolute Gasteiger partial charge is 0.344 e. The number of aliphatic carboxylic acids is 1. The molecular weight excluding hydrogens is 244 g/mol. The van der Waals surface area contributed by atoms with Gasteiger partial charge in [-0.25, -0.2) is 4.79 Å². The summed E-state index contributed by atoms with van der Waals surface area (Å²) in [5, 5.41) is 12.2. The molecule has 0 aliphatic rings. The first-order chi connectivity index (χ1) is 8.81. The van der Waals surface area contributed by atoms with E-state index in [2.05, 4.69) is 31.1 Å². The summed E-state index contributed by atoms with van der Waals surface area (Å²) in [5.41, 5.74) is 0.929. The molecule has 0 bridgehead atoms. The lowest BCUT2D eigenvalue weighted by molar-refractivity contribution is -0.145. The molecule has 0 aromatic carbocycles. The largest absolute Gasteiger partial charge is 0.479 e. The molecule has 1 aromatic rings. The highest BCUT2D eigenvalue weighted by molar-refractivity contribution is 5.72. The topological polar surface area (TPSA) is 71.5 Å². The number of ether oxygens (including phenoxy) is 1. The van der Waals surface area contributed by atoms with E-state index in [1.165, 1.54) is 0 Å². The molecule has 106 valence electrons. The number of hydrogen-bond acceptors (Lipinski definition) is 4. The van der Waals surface area contributed by atoms with Crippen LogP contribution in [0.1, 0.15) is 39.8 Å². The fourth-order valence-electron chi connectivity index (χ4n) is 1.41. The van der Waals surface area contributed by atoms with Crippen LogP contribution in [0, 0.1) is 0 Å². The first-order valence-electron chi connectivity index (χ1n) is 6.41. The zero-order chi connectivity index (χ0) is 14.5. The lowest BCUT2D eigenvalue weighted by Crippen LogP contribution is -2.35. The van der Waals surface area contributed by atoms with Gasteiger partial charge >= 0.3 is 5.97 Å². The van der Waals surface area contributed by atoms with Crippen LogP contribution in [0.5, 0.6) is 5.75 Å². The molecule has 1 aromatic heterocycles. The lowest BCUT2D eigenvalue weighted by Gasteiger charge is -2.20. The summed E-state index contributed by atoms with van der Waals surface area (Å²) < 4.78 is 5.34. The summed E-state index contributed by atoms with van der Waals surface area (Å²) >= 11 is 0. The minimum absolute atomic E-state index is 0.0352. The van der Waals surface area contributed by atoms with Crippen LogP contribution >= 0.6 is 0 Å². The molecule has 0 aliphatic heterocycles. The van der Waals surface area contributed by atoms with Crippen molar-refractivity contribution in [2.24, 2.45) is 0 Å². The number of aromatic nitrogens is 1. The van der Waals surface area contributed by atoms with Crippen LogP contribution in [0.4, 0.5) is 0 Å². The van der Waals surface area contributed by atoms with Gasteiger partial charge in [-0.15, -0.1) is 0 Å². The fraction of sp³-hybridized carbons (Fsp3) is 0.571. The number of pyridine rings is 1. The van der Waals surface area contributed by atoms with E-state index < -0.39 is 12.1 Å². The Balaban J connectivity index is 2.59. The Bertz CT molecular complexity index is 410. The van der Waals surface area contributed by atoms with Gasteiger partial charge in [-0.1, -0.05) is 6.92 Å². The minimum Gasteiger partial charge on any atom is -0.479 e. The van der Waals surface area contributed by atoms with Crippen LogP contribution in [0.15, 0.2) is 18.3 Å². The first kappa shape index (κ1) is 15.4. The van der Waals surface area contributed by atoms with E-state index in [1.807, 2.05) is 6.07 Å². The Labute approximate surface area is 114 Å². The van der Waals surface area contributed by atoms with Gasteiger partial charge in [0.2, 0.25) is 0 Å². The number of hydrogen-bond donors (Lipinski definition) is 2. The number of carbonyl (C=O) groups is 1. The molecule has 0 saturated heterocycles. The first-order valence-corrected chi connectivity index (χ1v) is 6.41. The standard InChI is InChI=1S/C14H22N2O3/c1-5-12(13(17)18)19-11-7-6-10(15-9-11)8-16-14(2,3)4/h6-7,9,12,16H,5,8H2,1-4H3,(H,17,18). The van der Waals surface area contributed by atoms with E-state index in [-0.39, 0.29) is 5.54 Å². The molecule has 5 nitrogen and oxygen atoms in total. The molecule has 0 aliphatic carbocycles. The van der Waals surface area contributed by atoms with E-state index >= 15 is 0 Å². The van der Waals surface area contributed by atoms with Crippen LogP contribution in [0.2, 0.25) is 0 Å². The Morgan fingerprint density at radius 2 is 2.16 bits per heavy atom. The minimum atomic E-state index is -0.957. The summed E-state index contributed by atoms with van der Waals surface area (Å²) in [6.07, 6.45) is 1.16. The van der Waals surface area contributed by atoms with Gasteiger partial charge < -0.3 is 15.2 Å². The molecule has 1 atom stereocenters. The van der Waals surface area contributed by atoms with Crippen molar-refractivity contribution in [1.29, 1.82) is 0 Å². The Hall–Kier alpha value is -1.62. The zero-order valence-corrected chi connectivity index (χ0v) is 11.9. The molecular formula is C14H22N2O3. The van der Waals surface area contributed by atoms with Gasteiger partial charge in [0, 0.05) is 12.1 Å². The maximum Gasteiger partial charge on any atom is 0.344 e. The molecule has 2 N–H and O–H groups in total. The van der Waals surface area contributed by atoms with Crippen molar-refractivity contribution in [1.82, 2.24) is 10.3 Å². The number of carboxylic acids is 1. The van der Waals surface area contributed by atoms with Gasteiger partial charge in [0.25, 0.3) is 0 Å². The van der Waals surface area contributed by atoms with Gasteiger partial charge in [-0.2, -0.15) is 0 Å². The van der Waals surface area contributed by atoms with Crippen molar-refractivity contribution in [3.63, 3.8) is 0 Å². The van der Waals surface area contributed by atoms with Crippen molar-refractivity contribution in [2.75, 3.05) is 0 Å². The number of rotatable bonds is 6. The van der Waals surface area contributed by atoms with Gasteiger partial charge in [-0.3, -0.25) is 4.98 Å². The molecule has 0 fully saturated rings. The third-order valence-corrected chi connectivity index (χ3v) is 2.52. The van der Waals surface area contributed by atoms with Crippen LogP contribution in [-0.2, 0) is 11.3 Å². The molecule has 5 heteroatoms. The van der Waals surface area contributed by atoms with Crippen molar-refractivity contribution in [3.05, 3.63) is 24.0 Å². The Morgan fingerprint density at radius 3 is 2.58 bits per heavy atom.